The van der Waals surface area contributed by atoms with E-state index < -0.39 is 0 Å². The third-order valence-corrected chi connectivity index (χ3v) is 5.43. The number of fused-ring (bicyclic) bond motifs is 1. The predicted molar refractivity (Wildman–Crippen MR) is 89.3 cm³/mol. The van der Waals surface area contributed by atoms with E-state index in [1.807, 2.05) is 0 Å². The fraction of sp³-hybridized carbons (Fsp3) is 0.684. The summed E-state index contributed by atoms with van der Waals surface area (Å²) in [5.74, 6) is 0.767. The van der Waals surface area contributed by atoms with Crippen molar-refractivity contribution in [2.24, 2.45) is 5.92 Å². The van der Waals surface area contributed by atoms with Crippen LogP contribution >= 0.6 is 0 Å². The molecule has 2 heterocycles. The first-order chi connectivity index (χ1) is 9.87. The highest BCUT2D eigenvalue weighted by Gasteiger charge is 2.48. The van der Waals surface area contributed by atoms with Crippen molar-refractivity contribution in [3.05, 3.63) is 35.9 Å². The Kier molecular flexibility index (Phi) is 3.87. The van der Waals surface area contributed by atoms with Gasteiger partial charge in [-0.05, 0) is 65.0 Å². The van der Waals surface area contributed by atoms with Crippen LogP contribution < -0.4 is 5.32 Å². The quantitative estimate of drug-likeness (QED) is 0.889. The molecule has 2 aliphatic heterocycles. The van der Waals surface area contributed by atoms with Crippen LogP contribution in [-0.2, 0) is 6.54 Å². The van der Waals surface area contributed by atoms with Crippen molar-refractivity contribution in [2.45, 2.75) is 70.6 Å². The van der Waals surface area contributed by atoms with Crippen molar-refractivity contribution in [3.8, 4) is 0 Å². The molecule has 2 saturated heterocycles. The lowest BCUT2D eigenvalue weighted by atomic mass is 9.67. The Morgan fingerprint density at radius 1 is 1.14 bits per heavy atom. The Morgan fingerprint density at radius 2 is 1.86 bits per heavy atom. The van der Waals surface area contributed by atoms with E-state index in [-0.39, 0.29) is 11.1 Å². The minimum Gasteiger partial charge on any atom is -0.306 e. The van der Waals surface area contributed by atoms with E-state index in [0.717, 1.165) is 12.5 Å². The number of piperidine rings is 2. The Bertz CT molecular complexity index is 478. The summed E-state index contributed by atoms with van der Waals surface area (Å²) in [5, 5.41) is 3.89. The number of nitrogens with one attached hydrogen (secondary N) is 1. The van der Waals surface area contributed by atoms with E-state index in [2.05, 4.69) is 68.2 Å². The van der Waals surface area contributed by atoms with Crippen molar-refractivity contribution in [2.75, 3.05) is 6.54 Å². The van der Waals surface area contributed by atoms with Gasteiger partial charge in [-0.15, -0.1) is 0 Å². The van der Waals surface area contributed by atoms with E-state index in [1.165, 1.54) is 31.4 Å². The highest BCUT2D eigenvalue weighted by atomic mass is 15.2. The molecule has 3 rings (SSSR count). The summed E-state index contributed by atoms with van der Waals surface area (Å²) in [6.07, 6.45) is 3.96. The first kappa shape index (κ1) is 15.1. The van der Waals surface area contributed by atoms with Gasteiger partial charge in [0.25, 0.3) is 0 Å². The highest BCUT2D eigenvalue weighted by molar-refractivity contribution is 5.16. The van der Waals surface area contributed by atoms with Gasteiger partial charge in [0.1, 0.15) is 0 Å². The van der Waals surface area contributed by atoms with Gasteiger partial charge in [-0.1, -0.05) is 30.3 Å². The van der Waals surface area contributed by atoms with E-state index in [9.17, 15) is 0 Å². The lowest BCUT2D eigenvalue weighted by molar-refractivity contribution is -0.0266. The largest absolute Gasteiger partial charge is 0.306 e. The minimum absolute atomic E-state index is 0.233. The molecule has 2 heteroatoms. The molecule has 2 unspecified atom stereocenters. The Balaban J connectivity index is 1.82. The Hall–Kier alpha value is -0.860. The van der Waals surface area contributed by atoms with Crippen LogP contribution in [0.5, 0.6) is 0 Å². The molecule has 0 amide bonds. The SMILES string of the molecule is CC1(C)CC2C(CCCN2Cc2ccccc2)C(C)(C)N1. The zero-order valence-corrected chi connectivity index (χ0v) is 14.0. The van der Waals surface area contributed by atoms with Gasteiger partial charge in [-0.25, -0.2) is 0 Å². The number of hydrogen-bond donors (Lipinski definition) is 1. The van der Waals surface area contributed by atoms with Gasteiger partial charge in [-0.2, -0.15) is 0 Å². The topological polar surface area (TPSA) is 15.3 Å². The molecule has 116 valence electrons. The maximum Gasteiger partial charge on any atom is 0.0236 e. The molecule has 21 heavy (non-hydrogen) atoms. The summed E-state index contributed by atoms with van der Waals surface area (Å²) >= 11 is 0. The monoisotopic (exact) mass is 286 g/mol. The van der Waals surface area contributed by atoms with E-state index in [0.29, 0.717) is 6.04 Å². The zero-order valence-electron chi connectivity index (χ0n) is 14.0. The van der Waals surface area contributed by atoms with E-state index >= 15 is 0 Å². The Labute approximate surface area is 129 Å². The van der Waals surface area contributed by atoms with Gasteiger partial charge < -0.3 is 5.32 Å². The van der Waals surface area contributed by atoms with Gasteiger partial charge in [0.2, 0.25) is 0 Å². The summed E-state index contributed by atoms with van der Waals surface area (Å²) in [7, 11) is 0. The molecule has 1 N–H and O–H groups in total. The molecule has 0 aromatic heterocycles. The molecule has 2 atom stereocenters. The standard InChI is InChI=1S/C19H30N2/c1-18(2)13-17-16(19(3,4)20-18)11-8-12-21(17)14-15-9-6-5-7-10-15/h5-7,9-10,16-17,20H,8,11-14H2,1-4H3. The summed E-state index contributed by atoms with van der Waals surface area (Å²) in [5.41, 5.74) is 1.92. The number of hydrogen-bond acceptors (Lipinski definition) is 2. The second kappa shape index (κ2) is 5.40. The molecule has 0 bridgehead atoms. The van der Waals surface area contributed by atoms with Crippen LogP contribution in [0.3, 0.4) is 0 Å². The lowest BCUT2D eigenvalue weighted by Gasteiger charge is -2.57. The summed E-state index contributed by atoms with van der Waals surface area (Å²) in [4.78, 5) is 2.74. The molecule has 2 fully saturated rings. The number of likely N-dealkylation sites (tertiary alicyclic amines) is 1. The van der Waals surface area contributed by atoms with Crippen LogP contribution in [0.4, 0.5) is 0 Å². The zero-order chi connectivity index (χ0) is 15.1. The second-order valence-electron chi connectivity index (χ2n) is 8.21. The van der Waals surface area contributed by atoms with Gasteiger partial charge >= 0.3 is 0 Å². The fourth-order valence-corrected chi connectivity index (χ4v) is 4.79. The van der Waals surface area contributed by atoms with Crippen LogP contribution in [0.1, 0.15) is 52.5 Å². The molecular formula is C19H30N2. The van der Waals surface area contributed by atoms with Crippen LogP contribution in [0.25, 0.3) is 0 Å². The normalized spacial score (nSPS) is 31.6. The molecule has 0 radical (unpaired) electrons. The van der Waals surface area contributed by atoms with Crippen LogP contribution in [0.15, 0.2) is 30.3 Å². The van der Waals surface area contributed by atoms with Crippen molar-refractivity contribution in [3.63, 3.8) is 0 Å². The van der Waals surface area contributed by atoms with Crippen LogP contribution in [0.2, 0.25) is 0 Å². The number of rotatable bonds is 2. The van der Waals surface area contributed by atoms with Crippen molar-refractivity contribution in [1.82, 2.24) is 10.2 Å². The third kappa shape index (κ3) is 3.17. The van der Waals surface area contributed by atoms with Crippen molar-refractivity contribution < 1.29 is 0 Å². The van der Waals surface area contributed by atoms with E-state index in [1.54, 1.807) is 0 Å². The summed E-state index contributed by atoms with van der Waals surface area (Å²) in [6.45, 7) is 11.9. The van der Waals surface area contributed by atoms with Crippen LogP contribution in [-0.4, -0.2) is 28.6 Å². The van der Waals surface area contributed by atoms with E-state index in [4.69, 9.17) is 0 Å². The number of nitrogens with zero attached hydrogens (tertiary/aromatic N) is 1. The fourth-order valence-electron chi connectivity index (χ4n) is 4.79. The molecule has 0 aliphatic carbocycles. The lowest BCUT2D eigenvalue weighted by Crippen LogP contribution is -2.68. The number of benzene rings is 1. The maximum absolute atomic E-state index is 3.89. The van der Waals surface area contributed by atoms with Crippen molar-refractivity contribution >= 4 is 0 Å². The molecule has 0 spiro atoms. The minimum atomic E-state index is 0.233. The third-order valence-electron chi connectivity index (χ3n) is 5.43. The second-order valence-corrected chi connectivity index (χ2v) is 8.21. The van der Waals surface area contributed by atoms with Crippen molar-refractivity contribution in [1.29, 1.82) is 0 Å². The first-order valence-electron chi connectivity index (χ1n) is 8.45. The average molecular weight is 286 g/mol. The van der Waals surface area contributed by atoms with Gasteiger partial charge in [0.15, 0.2) is 0 Å². The Morgan fingerprint density at radius 3 is 2.57 bits per heavy atom. The smallest absolute Gasteiger partial charge is 0.0236 e. The predicted octanol–water partition coefficient (Wildman–Crippen LogP) is 3.82. The summed E-state index contributed by atoms with van der Waals surface area (Å²) < 4.78 is 0. The van der Waals surface area contributed by atoms with Gasteiger partial charge in [0.05, 0.1) is 0 Å². The molecule has 1 aromatic carbocycles. The van der Waals surface area contributed by atoms with Gasteiger partial charge in [-0.3, -0.25) is 4.90 Å². The average Bonchev–Trinajstić information content (AvgIpc) is 2.39. The molecule has 1 aromatic rings. The summed E-state index contributed by atoms with van der Waals surface area (Å²) in [6, 6.07) is 11.7. The van der Waals surface area contributed by atoms with Gasteiger partial charge in [0, 0.05) is 23.7 Å². The molecular weight excluding hydrogens is 256 g/mol. The first-order valence-corrected chi connectivity index (χ1v) is 8.45. The molecule has 0 saturated carbocycles. The molecule has 2 nitrogen and oxygen atoms in total. The maximum atomic E-state index is 3.89. The molecule has 2 aliphatic rings. The highest BCUT2D eigenvalue weighted by Crippen LogP contribution is 2.41. The van der Waals surface area contributed by atoms with Crippen LogP contribution in [0, 0.1) is 5.92 Å².